The molecule has 0 heterocycles. The molecule has 0 saturated heterocycles. The molecule has 0 aromatic heterocycles. The van der Waals surface area contributed by atoms with Crippen LogP contribution in [0, 0.1) is 0 Å². The van der Waals surface area contributed by atoms with E-state index in [-0.39, 0.29) is 17.6 Å². The van der Waals surface area contributed by atoms with Gasteiger partial charge in [0.05, 0.1) is 0 Å². The summed E-state index contributed by atoms with van der Waals surface area (Å²) in [6.45, 7) is 4.90. The van der Waals surface area contributed by atoms with E-state index in [4.69, 9.17) is 11.5 Å². The first kappa shape index (κ1) is 16.4. The van der Waals surface area contributed by atoms with Crippen molar-refractivity contribution in [1.29, 1.82) is 0 Å². The van der Waals surface area contributed by atoms with Crippen LogP contribution in [-0.2, 0) is 17.9 Å². The predicted molar refractivity (Wildman–Crippen MR) is 90.5 cm³/mol. The van der Waals surface area contributed by atoms with Gasteiger partial charge in [-0.1, -0.05) is 62.4 Å². The van der Waals surface area contributed by atoms with Crippen molar-refractivity contribution in [2.24, 2.45) is 11.5 Å². The monoisotopic (exact) mass is 296 g/mol. The maximum absolute atomic E-state index is 12.8. The maximum Gasteiger partial charge on any atom is 0.147 e. The maximum atomic E-state index is 12.8. The number of Topliss-reactive ketones (excluding diaryl/α,β-unsaturated/α-hetero) is 1. The van der Waals surface area contributed by atoms with Crippen molar-refractivity contribution in [2.45, 2.75) is 38.8 Å². The quantitative estimate of drug-likeness (QED) is 0.860. The highest BCUT2D eigenvalue weighted by Crippen LogP contribution is 2.27. The van der Waals surface area contributed by atoms with Gasteiger partial charge in [0.25, 0.3) is 0 Å². The van der Waals surface area contributed by atoms with E-state index in [1.807, 2.05) is 62.4 Å². The van der Waals surface area contributed by atoms with Crippen LogP contribution in [0.25, 0.3) is 0 Å². The molecule has 0 aliphatic heterocycles. The Morgan fingerprint density at radius 3 is 1.64 bits per heavy atom. The number of rotatable bonds is 6. The number of hydrogen-bond donors (Lipinski definition) is 2. The van der Waals surface area contributed by atoms with Gasteiger partial charge in [0.1, 0.15) is 5.78 Å². The van der Waals surface area contributed by atoms with Crippen LogP contribution in [0.15, 0.2) is 48.5 Å². The molecule has 0 radical (unpaired) electrons. The Balaban J connectivity index is 2.21. The fourth-order valence-electron chi connectivity index (χ4n) is 2.68. The third kappa shape index (κ3) is 3.62. The van der Waals surface area contributed by atoms with Gasteiger partial charge in [-0.25, -0.2) is 0 Å². The molecule has 0 saturated carbocycles. The van der Waals surface area contributed by atoms with Crippen LogP contribution < -0.4 is 11.5 Å². The summed E-state index contributed by atoms with van der Waals surface area (Å²) in [6, 6.07) is 15.9. The molecule has 3 nitrogen and oxygen atoms in total. The summed E-state index contributed by atoms with van der Waals surface area (Å²) in [5.41, 5.74) is 15.5. The molecule has 4 N–H and O–H groups in total. The average Bonchev–Trinajstić information content (AvgIpc) is 2.59. The van der Waals surface area contributed by atoms with E-state index < -0.39 is 0 Å². The summed E-state index contributed by atoms with van der Waals surface area (Å²) >= 11 is 0. The molecule has 0 aliphatic carbocycles. The fraction of sp³-hybridized carbons (Fsp3) is 0.316. The zero-order valence-corrected chi connectivity index (χ0v) is 13.3. The molecule has 0 bridgehead atoms. The summed E-state index contributed by atoms with van der Waals surface area (Å²) in [7, 11) is 0. The van der Waals surface area contributed by atoms with Crippen LogP contribution in [0.1, 0.15) is 47.9 Å². The minimum absolute atomic E-state index is 0.150. The van der Waals surface area contributed by atoms with Crippen molar-refractivity contribution in [3.05, 3.63) is 70.8 Å². The second kappa shape index (κ2) is 7.34. The molecule has 2 aromatic carbocycles. The van der Waals surface area contributed by atoms with Gasteiger partial charge < -0.3 is 11.5 Å². The highest BCUT2D eigenvalue weighted by Gasteiger charge is 2.23. The summed E-state index contributed by atoms with van der Waals surface area (Å²) in [6.07, 6.45) is 0. The molecule has 0 aliphatic rings. The van der Waals surface area contributed by atoms with Crippen LogP contribution >= 0.6 is 0 Å². The molecule has 2 aromatic rings. The summed E-state index contributed by atoms with van der Waals surface area (Å²) < 4.78 is 0. The smallest absolute Gasteiger partial charge is 0.147 e. The summed E-state index contributed by atoms with van der Waals surface area (Å²) in [4.78, 5) is 12.8. The summed E-state index contributed by atoms with van der Waals surface area (Å²) in [5.74, 6) is -0.0885. The SMILES string of the molecule is CC(C(=O)C(C)c1cccc(CN)c1)c1cccc(CN)c1. The van der Waals surface area contributed by atoms with Crippen molar-refractivity contribution in [1.82, 2.24) is 0 Å². The van der Waals surface area contributed by atoms with Gasteiger partial charge in [-0.3, -0.25) is 4.79 Å². The lowest BCUT2D eigenvalue weighted by Gasteiger charge is -2.18. The lowest BCUT2D eigenvalue weighted by molar-refractivity contribution is -0.121. The van der Waals surface area contributed by atoms with Crippen molar-refractivity contribution in [3.63, 3.8) is 0 Å². The lowest BCUT2D eigenvalue weighted by atomic mass is 9.85. The van der Waals surface area contributed by atoms with Crippen molar-refractivity contribution in [2.75, 3.05) is 0 Å². The molecule has 22 heavy (non-hydrogen) atoms. The lowest BCUT2D eigenvalue weighted by Crippen LogP contribution is -2.17. The zero-order chi connectivity index (χ0) is 16.1. The topological polar surface area (TPSA) is 69.1 Å². The molecular weight excluding hydrogens is 272 g/mol. The van der Waals surface area contributed by atoms with E-state index >= 15 is 0 Å². The third-order valence-electron chi connectivity index (χ3n) is 4.23. The van der Waals surface area contributed by atoms with Crippen LogP contribution in [0.5, 0.6) is 0 Å². The fourth-order valence-corrected chi connectivity index (χ4v) is 2.68. The Kier molecular flexibility index (Phi) is 5.47. The molecule has 2 rings (SSSR count). The van der Waals surface area contributed by atoms with E-state index in [1.54, 1.807) is 0 Å². The number of benzene rings is 2. The van der Waals surface area contributed by atoms with Crippen LogP contribution in [-0.4, -0.2) is 5.78 Å². The molecule has 0 fully saturated rings. The minimum atomic E-state index is -0.150. The third-order valence-corrected chi connectivity index (χ3v) is 4.23. The molecular formula is C19H24N2O. The van der Waals surface area contributed by atoms with Gasteiger partial charge in [-0.05, 0) is 22.3 Å². The van der Waals surface area contributed by atoms with Gasteiger partial charge in [0.15, 0.2) is 0 Å². The van der Waals surface area contributed by atoms with Gasteiger partial charge >= 0.3 is 0 Å². The largest absolute Gasteiger partial charge is 0.326 e. The van der Waals surface area contributed by atoms with E-state index in [0.717, 1.165) is 22.3 Å². The molecule has 2 atom stereocenters. The standard InChI is InChI=1S/C19H24N2O/c1-13(17-7-3-5-15(9-17)11-20)19(22)14(2)18-8-4-6-16(10-18)12-21/h3-10,13-14H,11-12,20-21H2,1-2H3. The van der Waals surface area contributed by atoms with E-state index in [2.05, 4.69) is 0 Å². The molecule has 3 heteroatoms. The van der Waals surface area contributed by atoms with E-state index in [0.29, 0.717) is 13.1 Å². The predicted octanol–water partition coefficient (Wildman–Crippen LogP) is 3.08. The number of ketones is 1. The molecule has 0 spiro atoms. The first-order valence-corrected chi connectivity index (χ1v) is 7.68. The highest BCUT2D eigenvalue weighted by atomic mass is 16.1. The normalized spacial score (nSPS) is 13.6. The Morgan fingerprint density at radius 2 is 1.27 bits per heavy atom. The number of hydrogen-bond acceptors (Lipinski definition) is 3. The van der Waals surface area contributed by atoms with E-state index in [9.17, 15) is 4.79 Å². The Morgan fingerprint density at radius 1 is 0.864 bits per heavy atom. The Labute approximate surface area is 132 Å². The first-order valence-electron chi connectivity index (χ1n) is 7.68. The van der Waals surface area contributed by atoms with Gasteiger partial charge in [-0.2, -0.15) is 0 Å². The van der Waals surface area contributed by atoms with E-state index in [1.165, 1.54) is 0 Å². The van der Waals surface area contributed by atoms with Crippen molar-refractivity contribution in [3.8, 4) is 0 Å². The number of carbonyl (C=O) groups excluding carboxylic acids is 1. The van der Waals surface area contributed by atoms with Crippen molar-refractivity contribution >= 4 is 5.78 Å². The van der Waals surface area contributed by atoms with Crippen molar-refractivity contribution < 1.29 is 4.79 Å². The second-order valence-corrected chi connectivity index (χ2v) is 5.74. The van der Waals surface area contributed by atoms with Crippen LogP contribution in [0.2, 0.25) is 0 Å². The Bertz CT molecular complexity index is 596. The molecule has 0 amide bonds. The van der Waals surface area contributed by atoms with Crippen LogP contribution in [0.3, 0.4) is 0 Å². The zero-order valence-electron chi connectivity index (χ0n) is 13.3. The van der Waals surface area contributed by atoms with Gasteiger partial charge in [0, 0.05) is 24.9 Å². The average molecular weight is 296 g/mol. The first-order chi connectivity index (χ1) is 10.6. The Hall–Kier alpha value is -1.97. The molecule has 116 valence electrons. The second-order valence-electron chi connectivity index (χ2n) is 5.74. The summed E-state index contributed by atoms with van der Waals surface area (Å²) in [5, 5.41) is 0. The van der Waals surface area contributed by atoms with Gasteiger partial charge in [-0.15, -0.1) is 0 Å². The number of nitrogens with two attached hydrogens (primary N) is 2. The number of carbonyl (C=O) groups is 1. The highest BCUT2D eigenvalue weighted by molar-refractivity contribution is 5.91. The molecule has 2 unspecified atom stereocenters. The van der Waals surface area contributed by atoms with Crippen LogP contribution in [0.4, 0.5) is 0 Å². The van der Waals surface area contributed by atoms with Gasteiger partial charge in [0.2, 0.25) is 0 Å². The minimum Gasteiger partial charge on any atom is -0.326 e.